The van der Waals surface area contributed by atoms with Crippen LogP contribution in [0.15, 0.2) is 48.5 Å². The van der Waals surface area contributed by atoms with Crippen LogP contribution in [0.25, 0.3) is 0 Å². The molecule has 0 unspecified atom stereocenters. The molecule has 1 atom stereocenters. The molecule has 0 spiro atoms. The van der Waals surface area contributed by atoms with Gasteiger partial charge in [-0.15, -0.1) is 0 Å². The van der Waals surface area contributed by atoms with Crippen LogP contribution < -0.4 is 10.1 Å². The Morgan fingerprint density at radius 3 is 2.65 bits per heavy atom. The van der Waals surface area contributed by atoms with Gasteiger partial charge in [-0.1, -0.05) is 29.8 Å². The number of likely N-dealkylation sites (tertiary alicyclic amines) is 1. The monoisotopic (exact) mass is 352 g/mol. The molecule has 0 radical (unpaired) electrons. The first kappa shape index (κ1) is 18.0. The number of hydrogen-bond donors (Lipinski definition) is 1. The zero-order valence-electron chi connectivity index (χ0n) is 15.2. The number of hydrogen-bond acceptors (Lipinski definition) is 3. The van der Waals surface area contributed by atoms with Crippen LogP contribution in [0.4, 0.5) is 0 Å². The Bertz CT molecular complexity index is 786. The molecular formula is C21H24N2O3. The number of benzene rings is 2. The van der Waals surface area contributed by atoms with Crippen molar-refractivity contribution in [2.24, 2.45) is 0 Å². The summed E-state index contributed by atoms with van der Waals surface area (Å²) in [5.41, 5.74) is 2.69. The lowest BCUT2D eigenvalue weighted by molar-refractivity contribution is -0.131. The van der Waals surface area contributed by atoms with Crippen LogP contribution in [0.1, 0.15) is 40.4 Å². The molecule has 5 heteroatoms. The fourth-order valence-electron chi connectivity index (χ4n) is 3.38. The lowest BCUT2D eigenvalue weighted by atomic mass is 10.0. The first-order valence-corrected chi connectivity index (χ1v) is 8.87. The highest BCUT2D eigenvalue weighted by molar-refractivity contribution is 5.96. The molecule has 1 saturated heterocycles. The Morgan fingerprint density at radius 1 is 1.19 bits per heavy atom. The van der Waals surface area contributed by atoms with E-state index in [-0.39, 0.29) is 24.4 Å². The summed E-state index contributed by atoms with van der Waals surface area (Å²) in [6, 6.07) is 15.2. The quantitative estimate of drug-likeness (QED) is 0.900. The highest BCUT2D eigenvalue weighted by atomic mass is 16.5. The number of ether oxygens (including phenoxy) is 1. The fourth-order valence-corrected chi connectivity index (χ4v) is 3.38. The van der Waals surface area contributed by atoms with Crippen LogP contribution in [0, 0.1) is 6.92 Å². The molecule has 26 heavy (non-hydrogen) atoms. The molecule has 1 heterocycles. The van der Waals surface area contributed by atoms with E-state index in [2.05, 4.69) is 5.32 Å². The van der Waals surface area contributed by atoms with Crippen molar-refractivity contribution in [2.75, 3.05) is 20.2 Å². The van der Waals surface area contributed by atoms with E-state index >= 15 is 0 Å². The highest BCUT2D eigenvalue weighted by Gasteiger charge is 2.29. The van der Waals surface area contributed by atoms with Gasteiger partial charge in [0.2, 0.25) is 5.91 Å². The molecule has 0 aromatic heterocycles. The molecule has 0 bridgehead atoms. The van der Waals surface area contributed by atoms with Gasteiger partial charge in [-0.05, 0) is 49.6 Å². The topological polar surface area (TPSA) is 58.6 Å². The van der Waals surface area contributed by atoms with E-state index in [4.69, 9.17) is 4.74 Å². The van der Waals surface area contributed by atoms with Crippen molar-refractivity contribution >= 4 is 11.8 Å². The molecule has 1 aliphatic rings. The van der Waals surface area contributed by atoms with E-state index in [1.807, 2.05) is 54.3 Å². The number of rotatable bonds is 5. The van der Waals surface area contributed by atoms with Gasteiger partial charge in [-0.3, -0.25) is 9.59 Å². The largest absolute Gasteiger partial charge is 0.497 e. The van der Waals surface area contributed by atoms with E-state index in [0.29, 0.717) is 5.56 Å². The van der Waals surface area contributed by atoms with Crippen molar-refractivity contribution in [3.8, 4) is 5.75 Å². The normalized spacial score (nSPS) is 16.4. The summed E-state index contributed by atoms with van der Waals surface area (Å²) >= 11 is 0. The van der Waals surface area contributed by atoms with Crippen LogP contribution in [0.2, 0.25) is 0 Å². The summed E-state index contributed by atoms with van der Waals surface area (Å²) in [4.78, 5) is 26.7. The van der Waals surface area contributed by atoms with Crippen molar-refractivity contribution in [1.82, 2.24) is 10.2 Å². The molecule has 1 aliphatic heterocycles. The summed E-state index contributed by atoms with van der Waals surface area (Å²) < 4.78 is 5.19. The molecule has 1 fully saturated rings. The Morgan fingerprint density at radius 2 is 1.96 bits per heavy atom. The zero-order valence-corrected chi connectivity index (χ0v) is 15.2. The average Bonchev–Trinajstić information content (AvgIpc) is 3.16. The Hall–Kier alpha value is -2.82. The first-order chi connectivity index (χ1) is 12.6. The van der Waals surface area contributed by atoms with Crippen LogP contribution in [-0.2, 0) is 4.79 Å². The highest BCUT2D eigenvalue weighted by Crippen LogP contribution is 2.32. The zero-order chi connectivity index (χ0) is 18.5. The van der Waals surface area contributed by atoms with E-state index in [9.17, 15) is 9.59 Å². The van der Waals surface area contributed by atoms with Crippen LogP contribution in [0.5, 0.6) is 5.75 Å². The standard InChI is InChI=1S/C21H24N2O3/c1-15-5-3-6-17(13-15)21(25)22-14-20(24)23-12-4-7-19(23)16-8-10-18(26-2)11-9-16/h3,5-6,8-11,13,19H,4,7,12,14H2,1-2H3,(H,22,25)/t19-/m1/s1. The summed E-state index contributed by atoms with van der Waals surface area (Å²) in [6.45, 7) is 2.67. The Balaban J connectivity index is 1.62. The number of nitrogens with zero attached hydrogens (tertiary/aromatic N) is 1. The lowest BCUT2D eigenvalue weighted by Crippen LogP contribution is -2.39. The summed E-state index contributed by atoms with van der Waals surface area (Å²) in [5, 5.41) is 2.74. The number of aryl methyl sites for hydroxylation is 1. The summed E-state index contributed by atoms with van der Waals surface area (Å²) in [5.74, 6) is 0.529. The number of nitrogens with one attached hydrogen (secondary N) is 1. The lowest BCUT2D eigenvalue weighted by Gasteiger charge is -2.25. The molecule has 5 nitrogen and oxygen atoms in total. The summed E-state index contributed by atoms with van der Waals surface area (Å²) in [7, 11) is 1.64. The predicted molar refractivity (Wildman–Crippen MR) is 100 cm³/mol. The number of methoxy groups -OCH3 is 1. The SMILES string of the molecule is COc1ccc([C@H]2CCCN2C(=O)CNC(=O)c2cccc(C)c2)cc1. The molecule has 2 aromatic carbocycles. The van der Waals surface area contributed by atoms with Crippen LogP contribution in [0.3, 0.4) is 0 Å². The van der Waals surface area contributed by atoms with Crippen molar-refractivity contribution in [3.63, 3.8) is 0 Å². The smallest absolute Gasteiger partial charge is 0.251 e. The van der Waals surface area contributed by atoms with Gasteiger partial charge in [0.1, 0.15) is 5.75 Å². The average molecular weight is 352 g/mol. The number of carbonyl (C=O) groups excluding carboxylic acids is 2. The first-order valence-electron chi connectivity index (χ1n) is 8.87. The Kier molecular flexibility index (Phi) is 5.56. The van der Waals surface area contributed by atoms with Crippen molar-refractivity contribution in [3.05, 3.63) is 65.2 Å². The van der Waals surface area contributed by atoms with Gasteiger partial charge in [-0.2, -0.15) is 0 Å². The maximum atomic E-state index is 12.6. The van der Waals surface area contributed by atoms with Crippen molar-refractivity contribution in [2.45, 2.75) is 25.8 Å². The van der Waals surface area contributed by atoms with Gasteiger partial charge in [0, 0.05) is 12.1 Å². The minimum Gasteiger partial charge on any atom is -0.497 e. The van der Waals surface area contributed by atoms with E-state index in [1.165, 1.54) is 0 Å². The Labute approximate surface area is 154 Å². The minimum absolute atomic E-state index is 0.0133. The van der Waals surface area contributed by atoms with Gasteiger partial charge in [0.05, 0.1) is 19.7 Å². The number of carbonyl (C=O) groups is 2. The molecule has 1 N–H and O–H groups in total. The molecule has 0 aliphatic carbocycles. The molecule has 2 amide bonds. The molecule has 3 rings (SSSR count). The number of amides is 2. The van der Waals surface area contributed by atoms with Crippen molar-refractivity contribution < 1.29 is 14.3 Å². The third kappa shape index (κ3) is 4.04. The van der Waals surface area contributed by atoms with Crippen molar-refractivity contribution in [1.29, 1.82) is 0 Å². The van der Waals surface area contributed by atoms with E-state index in [0.717, 1.165) is 36.3 Å². The van der Waals surface area contributed by atoms with E-state index in [1.54, 1.807) is 13.2 Å². The van der Waals surface area contributed by atoms with Gasteiger partial charge >= 0.3 is 0 Å². The maximum Gasteiger partial charge on any atom is 0.251 e. The van der Waals surface area contributed by atoms with Crippen LogP contribution >= 0.6 is 0 Å². The summed E-state index contributed by atoms with van der Waals surface area (Å²) in [6.07, 6.45) is 1.90. The van der Waals surface area contributed by atoms with Gasteiger partial charge < -0.3 is 15.0 Å². The van der Waals surface area contributed by atoms with E-state index < -0.39 is 0 Å². The molecule has 2 aromatic rings. The van der Waals surface area contributed by atoms with Gasteiger partial charge in [-0.25, -0.2) is 0 Å². The third-order valence-corrected chi connectivity index (χ3v) is 4.75. The molecule has 0 saturated carbocycles. The predicted octanol–water partition coefficient (Wildman–Crippen LogP) is 3.10. The van der Waals surface area contributed by atoms with Crippen LogP contribution in [-0.4, -0.2) is 36.9 Å². The van der Waals surface area contributed by atoms with Gasteiger partial charge in [0.25, 0.3) is 5.91 Å². The second kappa shape index (κ2) is 8.04. The van der Waals surface area contributed by atoms with Gasteiger partial charge in [0.15, 0.2) is 0 Å². The maximum absolute atomic E-state index is 12.6. The molecule has 136 valence electrons. The second-order valence-corrected chi connectivity index (χ2v) is 6.57. The minimum atomic E-state index is -0.220. The third-order valence-electron chi connectivity index (χ3n) is 4.75. The second-order valence-electron chi connectivity index (χ2n) is 6.57. The fraction of sp³-hybridized carbons (Fsp3) is 0.333. The molecular weight excluding hydrogens is 328 g/mol.